The number of rotatable bonds is 2. The van der Waals surface area contributed by atoms with Crippen molar-refractivity contribution in [1.82, 2.24) is 4.98 Å². The number of aromatic nitrogens is 1. The van der Waals surface area contributed by atoms with Gasteiger partial charge >= 0.3 is 0 Å². The van der Waals surface area contributed by atoms with Crippen molar-refractivity contribution in [2.24, 2.45) is 5.92 Å². The summed E-state index contributed by atoms with van der Waals surface area (Å²) in [6.07, 6.45) is 4.88. The Hall–Kier alpha value is -0.630. The van der Waals surface area contributed by atoms with Crippen molar-refractivity contribution < 1.29 is 0 Å². The molecule has 1 aliphatic rings. The van der Waals surface area contributed by atoms with E-state index in [9.17, 15) is 0 Å². The Kier molecular flexibility index (Phi) is 2.73. The molecule has 1 aromatic rings. The van der Waals surface area contributed by atoms with Crippen LogP contribution in [0.1, 0.15) is 50.2 Å². The number of thiazole rings is 1. The molecule has 0 saturated carbocycles. The van der Waals surface area contributed by atoms with Gasteiger partial charge in [-0.3, -0.25) is 0 Å². The van der Waals surface area contributed by atoms with E-state index in [1.54, 1.807) is 11.3 Å². The summed E-state index contributed by atoms with van der Waals surface area (Å²) in [6, 6.07) is 0. The Bertz CT molecular complexity index is 349. The van der Waals surface area contributed by atoms with E-state index < -0.39 is 0 Å². The monoisotopic (exact) mass is 207 g/mol. The zero-order valence-electron chi connectivity index (χ0n) is 9.08. The van der Waals surface area contributed by atoms with E-state index in [-0.39, 0.29) is 0 Å². The minimum atomic E-state index is 0.563. The molecule has 1 nitrogen and oxygen atoms in total. The van der Waals surface area contributed by atoms with Crippen LogP contribution >= 0.6 is 11.3 Å². The lowest BCUT2D eigenvalue weighted by Gasteiger charge is -1.97. The SMILES string of the molecule is CC1C=C(c2csc(C(C)C)n2)CC1. The second-order valence-corrected chi connectivity index (χ2v) is 5.32. The highest BCUT2D eigenvalue weighted by atomic mass is 32.1. The van der Waals surface area contributed by atoms with Gasteiger partial charge in [0.15, 0.2) is 0 Å². The van der Waals surface area contributed by atoms with Gasteiger partial charge in [0.05, 0.1) is 10.7 Å². The molecule has 0 N–H and O–H groups in total. The fraction of sp³-hybridized carbons (Fsp3) is 0.583. The Balaban J connectivity index is 2.21. The van der Waals surface area contributed by atoms with Crippen LogP contribution in [-0.4, -0.2) is 4.98 Å². The third-order valence-electron chi connectivity index (χ3n) is 2.70. The Morgan fingerprint density at radius 2 is 2.29 bits per heavy atom. The molecule has 0 fully saturated rings. The molecule has 1 atom stereocenters. The van der Waals surface area contributed by atoms with E-state index in [0.717, 1.165) is 5.92 Å². The van der Waals surface area contributed by atoms with Crippen molar-refractivity contribution in [1.29, 1.82) is 0 Å². The predicted molar refractivity (Wildman–Crippen MR) is 62.6 cm³/mol. The molecule has 1 aliphatic carbocycles. The number of hydrogen-bond donors (Lipinski definition) is 0. The molecule has 0 amide bonds. The zero-order chi connectivity index (χ0) is 10.1. The number of nitrogens with zero attached hydrogens (tertiary/aromatic N) is 1. The van der Waals surface area contributed by atoms with Crippen molar-refractivity contribution in [2.45, 2.75) is 39.5 Å². The maximum Gasteiger partial charge on any atom is 0.0957 e. The van der Waals surface area contributed by atoms with Crippen molar-refractivity contribution in [3.63, 3.8) is 0 Å². The number of hydrogen-bond acceptors (Lipinski definition) is 2. The van der Waals surface area contributed by atoms with Crippen LogP contribution in [0, 0.1) is 5.92 Å². The molecule has 0 bridgehead atoms. The summed E-state index contributed by atoms with van der Waals surface area (Å²) in [5, 5.41) is 3.47. The summed E-state index contributed by atoms with van der Waals surface area (Å²) >= 11 is 1.79. The van der Waals surface area contributed by atoms with Crippen LogP contribution in [0.5, 0.6) is 0 Å². The molecular formula is C12H17NS. The highest BCUT2D eigenvalue weighted by Crippen LogP contribution is 2.32. The first-order valence-corrected chi connectivity index (χ1v) is 6.21. The molecule has 0 radical (unpaired) electrons. The third kappa shape index (κ3) is 1.90. The lowest BCUT2D eigenvalue weighted by Crippen LogP contribution is -1.87. The summed E-state index contributed by atoms with van der Waals surface area (Å²) in [6.45, 7) is 6.69. The molecule has 0 aromatic carbocycles. The van der Waals surface area contributed by atoms with Gasteiger partial charge in [0.25, 0.3) is 0 Å². The lowest BCUT2D eigenvalue weighted by molar-refractivity contribution is 0.703. The van der Waals surface area contributed by atoms with Gasteiger partial charge in [-0.1, -0.05) is 26.8 Å². The van der Waals surface area contributed by atoms with Gasteiger partial charge in [0.1, 0.15) is 0 Å². The third-order valence-corrected chi connectivity index (χ3v) is 3.84. The van der Waals surface area contributed by atoms with Crippen LogP contribution in [-0.2, 0) is 0 Å². The van der Waals surface area contributed by atoms with Gasteiger partial charge in [-0.15, -0.1) is 11.3 Å². The van der Waals surface area contributed by atoms with E-state index in [1.807, 2.05) is 0 Å². The average Bonchev–Trinajstić information content (AvgIpc) is 2.70. The van der Waals surface area contributed by atoms with Gasteiger partial charge in [0, 0.05) is 11.3 Å². The molecule has 1 heterocycles. The van der Waals surface area contributed by atoms with Gasteiger partial charge in [-0.05, 0) is 24.3 Å². The Morgan fingerprint density at radius 1 is 1.50 bits per heavy atom. The van der Waals surface area contributed by atoms with E-state index >= 15 is 0 Å². The second kappa shape index (κ2) is 3.85. The summed E-state index contributed by atoms with van der Waals surface area (Å²) in [7, 11) is 0. The molecule has 1 unspecified atom stereocenters. The van der Waals surface area contributed by atoms with E-state index in [1.165, 1.54) is 29.1 Å². The van der Waals surface area contributed by atoms with Crippen molar-refractivity contribution in [3.05, 3.63) is 22.2 Å². The summed E-state index contributed by atoms with van der Waals surface area (Å²) in [5.41, 5.74) is 2.68. The van der Waals surface area contributed by atoms with Gasteiger partial charge < -0.3 is 0 Å². The normalized spacial score (nSPS) is 21.7. The van der Waals surface area contributed by atoms with Crippen LogP contribution in [0.2, 0.25) is 0 Å². The maximum absolute atomic E-state index is 4.68. The molecular weight excluding hydrogens is 190 g/mol. The maximum atomic E-state index is 4.68. The highest BCUT2D eigenvalue weighted by Gasteiger charge is 2.15. The summed E-state index contributed by atoms with van der Waals surface area (Å²) < 4.78 is 0. The van der Waals surface area contributed by atoms with Crippen LogP contribution in [0.25, 0.3) is 5.57 Å². The van der Waals surface area contributed by atoms with Crippen LogP contribution < -0.4 is 0 Å². The van der Waals surface area contributed by atoms with Crippen LogP contribution in [0.3, 0.4) is 0 Å². The van der Waals surface area contributed by atoms with Crippen molar-refractivity contribution >= 4 is 16.9 Å². The van der Waals surface area contributed by atoms with Crippen LogP contribution in [0.4, 0.5) is 0 Å². The summed E-state index contributed by atoms with van der Waals surface area (Å²) in [5.74, 6) is 1.31. The summed E-state index contributed by atoms with van der Waals surface area (Å²) in [4.78, 5) is 4.68. The first kappa shape index (κ1) is 9.91. The molecule has 2 heteroatoms. The molecule has 0 aliphatic heterocycles. The minimum Gasteiger partial charge on any atom is -0.241 e. The smallest absolute Gasteiger partial charge is 0.0957 e. The first-order chi connectivity index (χ1) is 6.66. The van der Waals surface area contributed by atoms with Crippen molar-refractivity contribution in [2.75, 3.05) is 0 Å². The number of allylic oxidation sites excluding steroid dienone is 2. The zero-order valence-corrected chi connectivity index (χ0v) is 9.90. The fourth-order valence-corrected chi connectivity index (χ4v) is 2.67. The average molecular weight is 207 g/mol. The van der Waals surface area contributed by atoms with E-state index in [4.69, 9.17) is 0 Å². The molecule has 2 rings (SSSR count). The fourth-order valence-electron chi connectivity index (χ4n) is 1.81. The van der Waals surface area contributed by atoms with E-state index in [2.05, 4.69) is 37.2 Å². The highest BCUT2D eigenvalue weighted by molar-refractivity contribution is 7.09. The lowest BCUT2D eigenvalue weighted by atomic mass is 10.2. The quantitative estimate of drug-likeness (QED) is 0.712. The minimum absolute atomic E-state index is 0.563. The standard InChI is InChI=1S/C12H17NS/c1-8(2)12-13-11(7-14-12)10-5-4-9(3)6-10/h6-9H,4-5H2,1-3H3. The predicted octanol–water partition coefficient (Wildman–Crippen LogP) is 4.08. The molecule has 0 spiro atoms. The molecule has 14 heavy (non-hydrogen) atoms. The topological polar surface area (TPSA) is 12.9 Å². The van der Waals surface area contributed by atoms with Gasteiger partial charge in [-0.25, -0.2) is 4.98 Å². The Morgan fingerprint density at radius 3 is 2.79 bits per heavy atom. The largest absolute Gasteiger partial charge is 0.241 e. The second-order valence-electron chi connectivity index (χ2n) is 4.43. The molecule has 1 aromatic heterocycles. The van der Waals surface area contributed by atoms with Crippen molar-refractivity contribution in [3.8, 4) is 0 Å². The van der Waals surface area contributed by atoms with Gasteiger partial charge in [0.2, 0.25) is 0 Å². The first-order valence-electron chi connectivity index (χ1n) is 5.33. The Labute approximate surface area is 89.9 Å². The van der Waals surface area contributed by atoms with Crippen LogP contribution in [0.15, 0.2) is 11.5 Å². The molecule has 76 valence electrons. The molecule has 0 saturated heterocycles. The van der Waals surface area contributed by atoms with Gasteiger partial charge in [-0.2, -0.15) is 0 Å². The van der Waals surface area contributed by atoms with E-state index in [0.29, 0.717) is 5.92 Å².